The summed E-state index contributed by atoms with van der Waals surface area (Å²) in [6.45, 7) is 2.83. The Morgan fingerprint density at radius 3 is 2.56 bits per heavy atom. The van der Waals surface area contributed by atoms with Crippen LogP contribution in [0.1, 0.15) is 34.2 Å². The van der Waals surface area contributed by atoms with Crippen LogP contribution in [0.5, 0.6) is 11.5 Å². The van der Waals surface area contributed by atoms with Gasteiger partial charge in [-0.3, -0.25) is 4.79 Å². The maximum absolute atomic E-state index is 12.7. The summed E-state index contributed by atoms with van der Waals surface area (Å²) < 4.78 is 16.6. The SMILES string of the molecule is Cc1nc(CCSCc2ccc(CN(C)C)o2)[nH]c(=O)c1Cc1cc2c(cc1Cl)OCO2.Cl.Cl. The standard InChI is InChI=1S/C23H26ClN3O4S.2ClH/c1-14-18(8-15-9-20-21(10-19(15)24)30-13-29-20)23(28)26-22(25-14)6-7-32-12-17-5-4-16(31-17)11-27(2)3;;/h4-5,9-10H,6-8,11-13H2,1-3H3,(H,25,26,28);2*1H. The number of hydrogen-bond acceptors (Lipinski definition) is 7. The number of aromatic amines is 1. The molecule has 0 fully saturated rings. The van der Waals surface area contributed by atoms with Gasteiger partial charge in [0.15, 0.2) is 11.5 Å². The number of furan rings is 1. The average Bonchev–Trinajstić information content (AvgIpc) is 3.36. The molecule has 0 saturated carbocycles. The largest absolute Gasteiger partial charge is 0.464 e. The first kappa shape index (κ1) is 28.4. The molecule has 0 spiro atoms. The first-order chi connectivity index (χ1) is 15.4. The van der Waals surface area contributed by atoms with Crippen LogP contribution >= 0.6 is 48.2 Å². The van der Waals surface area contributed by atoms with Gasteiger partial charge >= 0.3 is 0 Å². The quantitative estimate of drug-likeness (QED) is 0.376. The highest BCUT2D eigenvalue weighted by molar-refractivity contribution is 7.98. The number of thioether (sulfide) groups is 1. The van der Waals surface area contributed by atoms with Gasteiger partial charge in [0.25, 0.3) is 5.56 Å². The number of benzene rings is 1. The second-order valence-electron chi connectivity index (χ2n) is 7.96. The lowest BCUT2D eigenvalue weighted by Gasteiger charge is -2.09. The van der Waals surface area contributed by atoms with E-state index in [-0.39, 0.29) is 37.2 Å². The van der Waals surface area contributed by atoms with Crippen LogP contribution in [0.3, 0.4) is 0 Å². The summed E-state index contributed by atoms with van der Waals surface area (Å²) in [6.07, 6.45) is 1.06. The van der Waals surface area contributed by atoms with E-state index in [1.165, 1.54) is 0 Å². The highest BCUT2D eigenvalue weighted by atomic mass is 35.5. The Bertz CT molecular complexity index is 1170. The van der Waals surface area contributed by atoms with E-state index in [1.807, 2.05) is 39.2 Å². The van der Waals surface area contributed by atoms with E-state index in [1.54, 1.807) is 17.8 Å². The minimum atomic E-state index is -0.134. The number of fused-ring (bicyclic) bond motifs is 1. The molecule has 1 aromatic carbocycles. The van der Waals surface area contributed by atoms with Crippen molar-refractivity contribution < 1.29 is 13.9 Å². The molecule has 1 N–H and O–H groups in total. The minimum Gasteiger partial charge on any atom is -0.464 e. The van der Waals surface area contributed by atoms with Crippen LogP contribution in [-0.2, 0) is 25.1 Å². The van der Waals surface area contributed by atoms with Gasteiger partial charge in [-0.15, -0.1) is 24.8 Å². The first-order valence-electron chi connectivity index (χ1n) is 10.4. The zero-order chi connectivity index (χ0) is 22.7. The fourth-order valence-electron chi connectivity index (χ4n) is 3.52. The van der Waals surface area contributed by atoms with Crippen molar-refractivity contribution in [2.75, 3.05) is 26.6 Å². The number of nitrogens with zero attached hydrogens (tertiary/aromatic N) is 2. The number of halogens is 3. The second kappa shape index (κ2) is 12.7. The fourth-order valence-corrected chi connectivity index (χ4v) is 4.58. The molecule has 0 atom stereocenters. The lowest BCUT2D eigenvalue weighted by atomic mass is 10.0. The van der Waals surface area contributed by atoms with Crippen LogP contribution < -0.4 is 15.0 Å². The molecule has 0 amide bonds. The Morgan fingerprint density at radius 2 is 1.85 bits per heavy atom. The molecule has 3 heterocycles. The molecule has 186 valence electrons. The maximum Gasteiger partial charge on any atom is 0.254 e. The molecule has 34 heavy (non-hydrogen) atoms. The van der Waals surface area contributed by atoms with Gasteiger partial charge in [0.05, 0.1) is 12.3 Å². The van der Waals surface area contributed by atoms with Crippen LogP contribution in [0.15, 0.2) is 33.5 Å². The van der Waals surface area contributed by atoms with Gasteiger partial charge in [-0.1, -0.05) is 11.6 Å². The van der Waals surface area contributed by atoms with Crippen LogP contribution in [0.25, 0.3) is 0 Å². The Morgan fingerprint density at radius 1 is 1.15 bits per heavy atom. The molecule has 0 bridgehead atoms. The van der Waals surface area contributed by atoms with Crippen LogP contribution in [0.4, 0.5) is 0 Å². The molecule has 0 unspecified atom stereocenters. The van der Waals surface area contributed by atoms with Gasteiger partial charge in [0, 0.05) is 40.9 Å². The summed E-state index contributed by atoms with van der Waals surface area (Å²) in [5.41, 5.74) is 1.99. The van der Waals surface area contributed by atoms with Gasteiger partial charge in [0.1, 0.15) is 17.3 Å². The number of ether oxygens (including phenoxy) is 2. The summed E-state index contributed by atoms with van der Waals surface area (Å²) in [6, 6.07) is 7.59. The highest BCUT2D eigenvalue weighted by Crippen LogP contribution is 2.37. The summed E-state index contributed by atoms with van der Waals surface area (Å²) in [7, 11) is 4.03. The predicted molar refractivity (Wildman–Crippen MR) is 140 cm³/mol. The molecule has 4 rings (SSSR count). The minimum absolute atomic E-state index is 0. The normalized spacial score (nSPS) is 11.9. The molecule has 3 aromatic rings. The van der Waals surface area contributed by atoms with Crippen molar-refractivity contribution in [1.29, 1.82) is 0 Å². The monoisotopic (exact) mass is 547 g/mol. The topological polar surface area (TPSA) is 80.6 Å². The summed E-state index contributed by atoms with van der Waals surface area (Å²) in [5, 5.41) is 0.542. The van der Waals surface area contributed by atoms with E-state index in [9.17, 15) is 4.79 Å². The number of rotatable bonds is 9. The van der Waals surface area contributed by atoms with Crippen molar-refractivity contribution in [2.24, 2.45) is 0 Å². The third kappa shape index (κ3) is 7.09. The van der Waals surface area contributed by atoms with Crippen molar-refractivity contribution in [3.8, 4) is 11.5 Å². The van der Waals surface area contributed by atoms with Crippen LogP contribution in [0, 0.1) is 6.92 Å². The Labute approximate surface area is 220 Å². The number of aryl methyl sites for hydroxylation is 2. The van der Waals surface area contributed by atoms with Gasteiger partial charge in [-0.25, -0.2) is 4.98 Å². The summed E-state index contributed by atoms with van der Waals surface area (Å²) >= 11 is 8.13. The number of nitrogens with one attached hydrogen (secondary N) is 1. The zero-order valence-corrected chi connectivity index (χ0v) is 22.4. The van der Waals surface area contributed by atoms with Gasteiger partial charge in [-0.05, 0) is 44.8 Å². The molecule has 1 aliphatic rings. The molecule has 11 heteroatoms. The van der Waals surface area contributed by atoms with Gasteiger partial charge in [-0.2, -0.15) is 11.8 Å². The second-order valence-corrected chi connectivity index (χ2v) is 9.47. The Hall–Kier alpha value is -1.84. The summed E-state index contributed by atoms with van der Waals surface area (Å²) in [5.74, 6) is 5.50. The van der Waals surface area contributed by atoms with E-state index >= 15 is 0 Å². The Kier molecular flexibility index (Phi) is 10.6. The lowest BCUT2D eigenvalue weighted by molar-refractivity contribution is 0.174. The zero-order valence-electron chi connectivity index (χ0n) is 19.2. The maximum atomic E-state index is 12.7. The van der Waals surface area contributed by atoms with E-state index in [0.717, 1.165) is 35.1 Å². The number of H-pyrrole nitrogens is 1. The molecule has 0 saturated heterocycles. The van der Waals surface area contributed by atoms with Gasteiger partial charge < -0.3 is 23.8 Å². The van der Waals surface area contributed by atoms with Crippen molar-refractivity contribution in [2.45, 2.75) is 32.1 Å². The fraction of sp³-hybridized carbons (Fsp3) is 0.391. The summed E-state index contributed by atoms with van der Waals surface area (Å²) in [4.78, 5) is 22.4. The average molecular weight is 549 g/mol. The molecular weight excluding hydrogens is 521 g/mol. The molecular formula is C23H28Cl3N3O4S. The molecule has 2 aromatic heterocycles. The lowest BCUT2D eigenvalue weighted by Crippen LogP contribution is -2.20. The number of hydrogen-bond donors (Lipinski definition) is 1. The highest BCUT2D eigenvalue weighted by Gasteiger charge is 2.18. The third-order valence-corrected chi connectivity index (χ3v) is 6.43. The van der Waals surface area contributed by atoms with Crippen molar-refractivity contribution >= 4 is 48.2 Å². The van der Waals surface area contributed by atoms with E-state index < -0.39 is 0 Å². The van der Waals surface area contributed by atoms with Crippen molar-refractivity contribution in [3.63, 3.8) is 0 Å². The first-order valence-corrected chi connectivity index (χ1v) is 11.9. The van der Waals surface area contributed by atoms with Gasteiger partial charge in [0.2, 0.25) is 6.79 Å². The number of aromatic nitrogens is 2. The van der Waals surface area contributed by atoms with E-state index in [0.29, 0.717) is 46.4 Å². The van der Waals surface area contributed by atoms with E-state index in [2.05, 4.69) is 14.9 Å². The van der Waals surface area contributed by atoms with Crippen molar-refractivity contribution in [3.05, 3.63) is 73.8 Å². The van der Waals surface area contributed by atoms with Crippen LogP contribution in [0.2, 0.25) is 5.02 Å². The molecule has 0 aliphatic carbocycles. The third-order valence-electron chi connectivity index (χ3n) is 5.10. The van der Waals surface area contributed by atoms with Crippen molar-refractivity contribution in [1.82, 2.24) is 14.9 Å². The molecule has 1 aliphatic heterocycles. The smallest absolute Gasteiger partial charge is 0.254 e. The Balaban J connectivity index is 0.00000204. The molecule has 0 radical (unpaired) electrons. The van der Waals surface area contributed by atoms with Crippen LogP contribution in [-0.4, -0.2) is 41.5 Å². The molecule has 7 nitrogen and oxygen atoms in total. The van der Waals surface area contributed by atoms with E-state index in [4.69, 9.17) is 25.5 Å². The predicted octanol–water partition coefficient (Wildman–Crippen LogP) is 5.03.